The van der Waals surface area contributed by atoms with Crippen LogP contribution < -0.4 is 11.5 Å². The average molecular weight is 212 g/mol. The van der Waals surface area contributed by atoms with Crippen molar-refractivity contribution >= 4 is 22.2 Å². The van der Waals surface area contributed by atoms with Gasteiger partial charge in [0.15, 0.2) is 0 Å². The molecule has 1 aromatic rings. The van der Waals surface area contributed by atoms with Gasteiger partial charge in [0.1, 0.15) is 0 Å². The zero-order valence-corrected chi connectivity index (χ0v) is 9.41. The Labute approximate surface area is 88.1 Å². The van der Waals surface area contributed by atoms with Crippen LogP contribution in [0.25, 0.3) is 0 Å². The molecule has 3 nitrogen and oxygen atoms in total. The van der Waals surface area contributed by atoms with Crippen molar-refractivity contribution in [2.45, 2.75) is 33.1 Å². The van der Waals surface area contributed by atoms with Crippen LogP contribution in [0, 0.1) is 0 Å². The molecule has 1 rings (SSSR count). The maximum Gasteiger partial charge on any atom is 0.251 e. The number of thiophene rings is 1. The van der Waals surface area contributed by atoms with Gasteiger partial charge < -0.3 is 11.5 Å². The van der Waals surface area contributed by atoms with E-state index in [0.717, 1.165) is 24.8 Å². The van der Waals surface area contributed by atoms with E-state index in [1.54, 1.807) is 0 Å². The molecule has 78 valence electrons. The van der Waals surface area contributed by atoms with Crippen LogP contribution in [0.2, 0.25) is 0 Å². The molecule has 1 amide bonds. The summed E-state index contributed by atoms with van der Waals surface area (Å²) in [4.78, 5) is 12.4. The fourth-order valence-corrected chi connectivity index (χ4v) is 2.67. The number of aryl methyl sites for hydroxylation is 1. The van der Waals surface area contributed by atoms with Crippen molar-refractivity contribution in [3.8, 4) is 0 Å². The van der Waals surface area contributed by atoms with Gasteiger partial charge in [-0.2, -0.15) is 0 Å². The summed E-state index contributed by atoms with van der Waals surface area (Å²) in [6, 6.07) is 0. The van der Waals surface area contributed by atoms with Gasteiger partial charge in [0, 0.05) is 4.88 Å². The van der Waals surface area contributed by atoms with E-state index in [9.17, 15) is 4.79 Å². The van der Waals surface area contributed by atoms with E-state index in [2.05, 4.69) is 13.8 Å². The van der Waals surface area contributed by atoms with Crippen LogP contribution in [-0.4, -0.2) is 5.91 Å². The number of amides is 1. The molecule has 0 spiro atoms. The first-order chi connectivity index (χ1) is 6.61. The van der Waals surface area contributed by atoms with Crippen molar-refractivity contribution in [1.82, 2.24) is 0 Å². The minimum absolute atomic E-state index is 0.401. The molecule has 0 aromatic carbocycles. The summed E-state index contributed by atoms with van der Waals surface area (Å²) in [5, 5.41) is 0.567. The molecule has 0 aliphatic rings. The topological polar surface area (TPSA) is 69.1 Å². The number of hydrogen-bond acceptors (Lipinski definition) is 3. The highest BCUT2D eigenvalue weighted by Gasteiger charge is 2.18. The standard InChI is InChI=1S/C10H16N2OS/c1-3-5-6-7(4-2)14-10(12)8(6)9(11)13/h3-5,12H2,1-2H3,(H2,11,13). The SMILES string of the molecule is CCCc1c(CC)sc(N)c1C(N)=O. The summed E-state index contributed by atoms with van der Waals surface area (Å²) >= 11 is 1.49. The van der Waals surface area contributed by atoms with Crippen LogP contribution in [0.1, 0.15) is 41.1 Å². The first kappa shape index (κ1) is 11.0. The van der Waals surface area contributed by atoms with Crippen LogP contribution in [0.3, 0.4) is 0 Å². The van der Waals surface area contributed by atoms with Crippen LogP contribution in [0.5, 0.6) is 0 Å². The van der Waals surface area contributed by atoms with Crippen LogP contribution >= 0.6 is 11.3 Å². The van der Waals surface area contributed by atoms with Gasteiger partial charge in [0.25, 0.3) is 5.91 Å². The number of nitrogens with two attached hydrogens (primary N) is 2. The molecule has 0 saturated carbocycles. The summed E-state index contributed by atoms with van der Waals surface area (Å²) in [6.07, 6.45) is 2.80. The smallest absolute Gasteiger partial charge is 0.251 e. The molecule has 0 radical (unpaired) electrons. The number of anilines is 1. The van der Waals surface area contributed by atoms with E-state index in [4.69, 9.17) is 11.5 Å². The van der Waals surface area contributed by atoms with Gasteiger partial charge in [-0.25, -0.2) is 0 Å². The summed E-state index contributed by atoms with van der Waals surface area (Å²) < 4.78 is 0. The Balaban J connectivity index is 3.23. The maximum absolute atomic E-state index is 11.2. The Morgan fingerprint density at radius 2 is 2.07 bits per heavy atom. The van der Waals surface area contributed by atoms with Crippen molar-refractivity contribution in [2.24, 2.45) is 5.73 Å². The largest absolute Gasteiger partial charge is 0.390 e. The van der Waals surface area contributed by atoms with Gasteiger partial charge >= 0.3 is 0 Å². The van der Waals surface area contributed by atoms with Gasteiger partial charge in [-0.1, -0.05) is 20.3 Å². The van der Waals surface area contributed by atoms with Gasteiger partial charge in [-0.05, 0) is 18.4 Å². The van der Waals surface area contributed by atoms with Crippen molar-refractivity contribution in [2.75, 3.05) is 5.73 Å². The summed E-state index contributed by atoms with van der Waals surface area (Å²) in [6.45, 7) is 4.15. The lowest BCUT2D eigenvalue weighted by Gasteiger charge is -2.02. The summed E-state index contributed by atoms with van der Waals surface area (Å²) in [5.74, 6) is -0.401. The average Bonchev–Trinajstić information content (AvgIpc) is 2.43. The number of rotatable bonds is 4. The molecule has 0 atom stereocenters. The lowest BCUT2D eigenvalue weighted by Crippen LogP contribution is -2.14. The highest BCUT2D eigenvalue weighted by Crippen LogP contribution is 2.31. The number of primary amides is 1. The molecule has 0 saturated heterocycles. The highest BCUT2D eigenvalue weighted by atomic mass is 32.1. The summed E-state index contributed by atoms with van der Waals surface area (Å²) in [7, 11) is 0. The Morgan fingerprint density at radius 1 is 1.43 bits per heavy atom. The minimum atomic E-state index is -0.401. The van der Waals surface area contributed by atoms with E-state index in [1.807, 2.05) is 0 Å². The zero-order valence-electron chi connectivity index (χ0n) is 8.59. The van der Waals surface area contributed by atoms with Crippen molar-refractivity contribution in [3.63, 3.8) is 0 Å². The third kappa shape index (κ3) is 1.90. The molecule has 0 aliphatic carbocycles. The second-order valence-corrected chi connectivity index (χ2v) is 4.35. The molecule has 0 aliphatic heterocycles. The second-order valence-electron chi connectivity index (χ2n) is 3.21. The molecule has 0 fully saturated rings. The molecule has 0 unspecified atom stereocenters. The molecule has 0 bridgehead atoms. The van der Waals surface area contributed by atoms with E-state index >= 15 is 0 Å². The normalized spacial score (nSPS) is 10.4. The zero-order chi connectivity index (χ0) is 10.7. The monoisotopic (exact) mass is 212 g/mol. The van der Waals surface area contributed by atoms with Crippen molar-refractivity contribution < 1.29 is 4.79 Å². The first-order valence-electron chi connectivity index (χ1n) is 4.81. The van der Waals surface area contributed by atoms with Crippen molar-refractivity contribution in [3.05, 3.63) is 16.0 Å². The van der Waals surface area contributed by atoms with Crippen LogP contribution in [-0.2, 0) is 12.8 Å². The van der Waals surface area contributed by atoms with Gasteiger partial charge in [-0.15, -0.1) is 11.3 Å². The molecule has 1 heterocycles. The quantitative estimate of drug-likeness (QED) is 0.800. The highest BCUT2D eigenvalue weighted by molar-refractivity contribution is 7.16. The van der Waals surface area contributed by atoms with E-state index in [0.29, 0.717) is 10.6 Å². The molecular weight excluding hydrogens is 196 g/mol. The van der Waals surface area contributed by atoms with Crippen LogP contribution in [0.15, 0.2) is 0 Å². The van der Waals surface area contributed by atoms with E-state index < -0.39 is 5.91 Å². The van der Waals surface area contributed by atoms with Crippen molar-refractivity contribution in [1.29, 1.82) is 0 Å². The van der Waals surface area contributed by atoms with E-state index in [1.165, 1.54) is 16.2 Å². The Morgan fingerprint density at radius 3 is 2.50 bits per heavy atom. The third-order valence-electron chi connectivity index (χ3n) is 2.19. The fraction of sp³-hybridized carbons (Fsp3) is 0.500. The van der Waals surface area contributed by atoms with Crippen LogP contribution in [0.4, 0.5) is 5.00 Å². The lowest BCUT2D eigenvalue weighted by molar-refractivity contribution is 0.100. The predicted octanol–water partition coefficient (Wildman–Crippen LogP) is 1.94. The lowest BCUT2D eigenvalue weighted by atomic mass is 10.0. The first-order valence-corrected chi connectivity index (χ1v) is 5.63. The van der Waals surface area contributed by atoms with Gasteiger partial charge in [0.2, 0.25) is 0 Å². The molecule has 4 N–H and O–H groups in total. The number of nitrogen functional groups attached to an aromatic ring is 1. The molecule has 4 heteroatoms. The Hall–Kier alpha value is -1.03. The Kier molecular flexibility index (Phi) is 3.52. The second kappa shape index (κ2) is 4.46. The third-order valence-corrected chi connectivity index (χ3v) is 3.39. The number of hydrogen-bond donors (Lipinski definition) is 2. The molecule has 1 aromatic heterocycles. The predicted molar refractivity (Wildman–Crippen MR) is 60.6 cm³/mol. The number of carbonyl (C=O) groups is 1. The number of carbonyl (C=O) groups excluding carboxylic acids is 1. The van der Waals surface area contributed by atoms with E-state index in [-0.39, 0.29) is 0 Å². The summed E-state index contributed by atoms with van der Waals surface area (Å²) in [5.41, 5.74) is 12.7. The molecule has 14 heavy (non-hydrogen) atoms. The minimum Gasteiger partial charge on any atom is -0.390 e. The fourth-order valence-electron chi connectivity index (χ4n) is 1.60. The Bertz CT molecular complexity index is 344. The molecular formula is C10H16N2OS. The maximum atomic E-state index is 11.2. The van der Waals surface area contributed by atoms with Gasteiger partial charge in [-0.3, -0.25) is 4.79 Å². The van der Waals surface area contributed by atoms with Gasteiger partial charge in [0.05, 0.1) is 10.6 Å².